The number of aromatic nitrogens is 2. The molecule has 0 fully saturated rings. The van der Waals surface area contributed by atoms with Crippen LogP contribution >= 0.6 is 0 Å². The van der Waals surface area contributed by atoms with Gasteiger partial charge in [-0.2, -0.15) is 0 Å². The van der Waals surface area contributed by atoms with Crippen LogP contribution in [0.1, 0.15) is 25.0 Å². The normalized spacial score (nSPS) is 14.9. The third-order valence-corrected chi connectivity index (χ3v) is 4.68. The molecule has 0 aliphatic carbocycles. The second-order valence-corrected chi connectivity index (χ2v) is 7.86. The second-order valence-electron chi connectivity index (χ2n) is 7.86. The summed E-state index contributed by atoms with van der Waals surface area (Å²) in [6, 6.07) is 17.8. The molecule has 0 saturated heterocycles. The Morgan fingerprint density at radius 2 is 1.93 bits per heavy atom. The highest BCUT2D eigenvalue weighted by molar-refractivity contribution is 6.04. The number of anilines is 1. The van der Waals surface area contributed by atoms with Gasteiger partial charge < -0.3 is 10.1 Å². The molecule has 4 rings (SSSR count). The van der Waals surface area contributed by atoms with E-state index in [0.29, 0.717) is 18.2 Å². The average Bonchev–Trinajstić information content (AvgIpc) is 3.28. The summed E-state index contributed by atoms with van der Waals surface area (Å²) in [5.41, 5.74) is 2.48. The van der Waals surface area contributed by atoms with Crippen LogP contribution in [0.3, 0.4) is 0 Å². The molecule has 2 aromatic carbocycles. The molecule has 6 nitrogen and oxygen atoms in total. The smallest absolute Gasteiger partial charge is 0.266 e. The number of carbonyl (C=O) groups is 1. The third-order valence-electron chi connectivity index (χ3n) is 4.68. The van der Waals surface area contributed by atoms with E-state index in [-0.39, 0.29) is 18.0 Å². The molecule has 148 valence electrons. The van der Waals surface area contributed by atoms with E-state index in [1.807, 2.05) is 79.6 Å². The number of nitrogens with zero attached hydrogens (tertiary/aromatic N) is 3. The lowest BCUT2D eigenvalue weighted by molar-refractivity contribution is -0.687. The quantitative estimate of drug-likeness (QED) is 0.659. The van der Waals surface area contributed by atoms with Crippen LogP contribution in [-0.2, 0) is 22.6 Å². The Morgan fingerprint density at radius 3 is 2.69 bits per heavy atom. The van der Waals surface area contributed by atoms with Crippen LogP contribution in [0.4, 0.5) is 5.69 Å². The van der Waals surface area contributed by atoms with E-state index in [1.54, 1.807) is 0 Å². The first kappa shape index (κ1) is 18.9. The fourth-order valence-corrected chi connectivity index (χ4v) is 3.28. The maximum atomic E-state index is 12.6. The van der Waals surface area contributed by atoms with E-state index in [4.69, 9.17) is 4.74 Å². The summed E-state index contributed by atoms with van der Waals surface area (Å²) >= 11 is 0. The first-order valence-electron chi connectivity index (χ1n) is 9.69. The van der Waals surface area contributed by atoms with Crippen molar-refractivity contribution in [1.82, 2.24) is 4.57 Å². The molecule has 0 unspecified atom stereocenters. The number of para-hydroxylation sites is 1. The van der Waals surface area contributed by atoms with Gasteiger partial charge in [0.25, 0.3) is 5.91 Å². The van der Waals surface area contributed by atoms with Gasteiger partial charge >= 0.3 is 0 Å². The van der Waals surface area contributed by atoms with Crippen molar-refractivity contribution in [2.45, 2.75) is 32.5 Å². The summed E-state index contributed by atoms with van der Waals surface area (Å²) in [4.78, 5) is 17.2. The second kappa shape index (κ2) is 7.91. The van der Waals surface area contributed by atoms with Crippen molar-refractivity contribution in [1.29, 1.82) is 0 Å². The number of rotatable bonds is 6. The minimum absolute atomic E-state index is 0.0993. The van der Waals surface area contributed by atoms with Crippen LogP contribution in [0.15, 0.2) is 78.3 Å². The summed E-state index contributed by atoms with van der Waals surface area (Å²) in [6.45, 7) is 5.59. The zero-order chi connectivity index (χ0) is 20.3. The van der Waals surface area contributed by atoms with E-state index < -0.39 is 0 Å². The van der Waals surface area contributed by atoms with Crippen LogP contribution in [0.2, 0.25) is 0 Å². The topological polar surface area (TPSA) is 59.5 Å². The lowest BCUT2D eigenvalue weighted by atomic mass is 10.1. The Morgan fingerprint density at radius 1 is 1.17 bits per heavy atom. The molecule has 6 heteroatoms. The first-order valence-corrected chi connectivity index (χ1v) is 9.69. The molecule has 1 aliphatic heterocycles. The Kier molecular flexibility index (Phi) is 5.16. The van der Waals surface area contributed by atoms with E-state index in [1.165, 1.54) is 5.56 Å². The molecule has 3 aromatic rings. The molecular weight excluding hydrogens is 364 g/mol. The van der Waals surface area contributed by atoms with Crippen molar-refractivity contribution in [3.63, 3.8) is 0 Å². The molecule has 1 amide bonds. The largest absolute Gasteiger partial charge is 0.475 e. The van der Waals surface area contributed by atoms with Crippen molar-refractivity contribution in [3.05, 3.63) is 84.4 Å². The number of hydrogen-bond donors (Lipinski definition) is 1. The lowest BCUT2D eigenvalue weighted by Crippen LogP contribution is -2.32. The maximum Gasteiger partial charge on any atom is 0.266 e. The van der Waals surface area contributed by atoms with Gasteiger partial charge in [-0.15, -0.1) is 0 Å². The summed E-state index contributed by atoms with van der Waals surface area (Å²) < 4.78 is 9.67. The van der Waals surface area contributed by atoms with Crippen molar-refractivity contribution in [3.8, 4) is 0 Å². The fraction of sp³-hybridized carbons (Fsp3) is 0.261. The van der Waals surface area contributed by atoms with Crippen LogP contribution in [0, 0.1) is 0 Å². The van der Waals surface area contributed by atoms with Gasteiger partial charge in [0, 0.05) is 0 Å². The van der Waals surface area contributed by atoms with Crippen molar-refractivity contribution in [2.24, 2.45) is 4.99 Å². The monoisotopic (exact) mass is 389 g/mol. The Balaban J connectivity index is 1.42. The Hall–Kier alpha value is -3.41. The maximum absolute atomic E-state index is 12.6. The highest BCUT2D eigenvalue weighted by Crippen LogP contribution is 2.24. The molecular formula is C23H25N4O2+. The number of ether oxygens (including phenoxy) is 1. The first-order chi connectivity index (χ1) is 14.0. The minimum atomic E-state index is -0.246. The van der Waals surface area contributed by atoms with Crippen LogP contribution < -0.4 is 9.88 Å². The third kappa shape index (κ3) is 4.71. The van der Waals surface area contributed by atoms with Crippen LogP contribution in [0.5, 0.6) is 0 Å². The zero-order valence-corrected chi connectivity index (χ0v) is 16.7. The fourth-order valence-electron chi connectivity index (χ4n) is 3.28. The highest BCUT2D eigenvalue weighted by Gasteiger charge is 2.28. The van der Waals surface area contributed by atoms with E-state index in [9.17, 15) is 4.79 Å². The van der Waals surface area contributed by atoms with E-state index >= 15 is 0 Å². The lowest BCUT2D eigenvalue weighted by Gasteiger charge is -2.10. The van der Waals surface area contributed by atoms with E-state index in [0.717, 1.165) is 12.1 Å². The average molecular weight is 389 g/mol. The van der Waals surface area contributed by atoms with Gasteiger partial charge in [-0.1, -0.05) is 42.5 Å². The summed E-state index contributed by atoms with van der Waals surface area (Å²) in [7, 11) is 0. The molecule has 1 N–H and O–H groups in total. The van der Waals surface area contributed by atoms with Gasteiger partial charge in [0.2, 0.25) is 12.2 Å². The van der Waals surface area contributed by atoms with Crippen LogP contribution in [0.25, 0.3) is 0 Å². The highest BCUT2D eigenvalue weighted by atomic mass is 16.5. The number of aliphatic imine (C=N–C) groups is 1. The number of benzene rings is 2. The van der Waals surface area contributed by atoms with E-state index in [2.05, 4.69) is 27.0 Å². The number of imidazole rings is 1. The molecule has 1 aromatic heterocycles. The Labute approximate surface area is 170 Å². The standard InChI is InChI=1S/C23H24N4O2/c1-23(2)16-29-22(25-23)19-10-6-7-11-20(19)24-21(28)15-27-13-12-26(17-27)14-18-8-4-3-5-9-18/h3-13,17H,14-16H2,1-2H3/p+1. The molecule has 2 heterocycles. The zero-order valence-electron chi connectivity index (χ0n) is 16.7. The molecule has 0 spiro atoms. The molecule has 1 aliphatic rings. The van der Waals surface area contributed by atoms with Crippen molar-refractivity contribution < 1.29 is 14.1 Å². The van der Waals surface area contributed by atoms with Crippen molar-refractivity contribution >= 4 is 17.5 Å². The van der Waals surface area contributed by atoms with Gasteiger partial charge in [0.1, 0.15) is 25.5 Å². The van der Waals surface area contributed by atoms with Gasteiger partial charge in [0.15, 0.2) is 6.54 Å². The number of nitrogens with one attached hydrogen (secondary N) is 1. The number of hydrogen-bond acceptors (Lipinski definition) is 3. The summed E-state index contributed by atoms with van der Waals surface area (Å²) in [6.07, 6.45) is 5.81. The SMILES string of the molecule is CC1(C)COC(c2ccccc2NC(=O)Cn2cc[n+](Cc3ccccc3)c2)=N1. The van der Waals surface area contributed by atoms with Gasteiger partial charge in [-0.05, 0) is 31.5 Å². The molecule has 29 heavy (non-hydrogen) atoms. The van der Waals surface area contributed by atoms with Gasteiger partial charge in [-0.3, -0.25) is 4.79 Å². The Bertz CT molecular complexity index is 1040. The number of carbonyl (C=O) groups excluding carboxylic acids is 1. The molecule has 0 bridgehead atoms. The van der Waals surface area contributed by atoms with Gasteiger partial charge in [0.05, 0.1) is 16.8 Å². The van der Waals surface area contributed by atoms with Crippen LogP contribution in [-0.4, -0.2) is 28.5 Å². The number of amides is 1. The molecule has 0 saturated carbocycles. The minimum Gasteiger partial charge on any atom is -0.475 e. The molecule has 0 atom stereocenters. The predicted molar refractivity (Wildman–Crippen MR) is 112 cm³/mol. The van der Waals surface area contributed by atoms with Gasteiger partial charge in [-0.25, -0.2) is 14.1 Å². The predicted octanol–water partition coefficient (Wildman–Crippen LogP) is 3.02. The summed E-state index contributed by atoms with van der Waals surface area (Å²) in [5, 5.41) is 2.99. The van der Waals surface area contributed by atoms with Crippen molar-refractivity contribution in [2.75, 3.05) is 11.9 Å². The summed E-state index contributed by atoms with van der Waals surface area (Å²) in [5.74, 6) is 0.477. The molecule has 0 radical (unpaired) electrons.